The van der Waals surface area contributed by atoms with Crippen LogP contribution in [0.15, 0.2) is 41.8 Å². The van der Waals surface area contributed by atoms with E-state index < -0.39 is 12.7 Å². The Bertz CT molecular complexity index is 709. The van der Waals surface area contributed by atoms with Crippen LogP contribution < -0.4 is 0 Å². The first-order valence-electron chi connectivity index (χ1n) is 6.12. The van der Waals surface area contributed by atoms with E-state index in [4.69, 9.17) is 0 Å². The lowest BCUT2D eigenvalue weighted by molar-refractivity contribution is 0.0686. The highest BCUT2D eigenvalue weighted by molar-refractivity contribution is 7.10. The summed E-state index contributed by atoms with van der Waals surface area (Å²) in [5, 5.41) is 11.9. The van der Waals surface area contributed by atoms with E-state index in [0.29, 0.717) is 11.0 Å². The SMILES string of the molecule is O[C@H](Cc1nc2ccccc2n1C(F)F)c1cccs1. The molecule has 3 aromatic rings. The van der Waals surface area contributed by atoms with Crippen LogP contribution in [-0.2, 0) is 6.42 Å². The average molecular weight is 294 g/mol. The molecule has 1 atom stereocenters. The van der Waals surface area contributed by atoms with Gasteiger partial charge < -0.3 is 5.11 Å². The van der Waals surface area contributed by atoms with E-state index in [2.05, 4.69) is 4.98 Å². The molecule has 0 radical (unpaired) electrons. The number of imidazole rings is 1. The van der Waals surface area contributed by atoms with Gasteiger partial charge in [0.05, 0.1) is 17.1 Å². The third-order valence-electron chi connectivity index (χ3n) is 3.11. The van der Waals surface area contributed by atoms with Crippen molar-refractivity contribution in [3.05, 3.63) is 52.5 Å². The quantitative estimate of drug-likeness (QED) is 0.795. The molecule has 0 amide bonds. The molecule has 0 saturated carbocycles. The number of hydrogen-bond donors (Lipinski definition) is 1. The number of thiophene rings is 1. The third kappa shape index (κ3) is 2.32. The molecule has 104 valence electrons. The van der Waals surface area contributed by atoms with Gasteiger partial charge in [0.2, 0.25) is 0 Å². The lowest BCUT2D eigenvalue weighted by atomic mass is 10.2. The van der Waals surface area contributed by atoms with E-state index in [0.717, 1.165) is 9.44 Å². The molecule has 1 N–H and O–H groups in total. The molecule has 1 aromatic carbocycles. The lowest BCUT2D eigenvalue weighted by Crippen LogP contribution is -2.09. The van der Waals surface area contributed by atoms with Crippen LogP contribution in [0.2, 0.25) is 0 Å². The number of halogens is 2. The maximum atomic E-state index is 13.2. The van der Waals surface area contributed by atoms with Crippen LogP contribution in [-0.4, -0.2) is 14.7 Å². The molecular formula is C14H12F2N2OS. The van der Waals surface area contributed by atoms with Crippen LogP contribution in [0.3, 0.4) is 0 Å². The zero-order chi connectivity index (χ0) is 14.1. The standard InChI is InChI=1S/C14H12F2N2OS/c15-14(16)18-10-5-2-1-4-9(10)17-13(18)8-11(19)12-6-3-7-20-12/h1-7,11,14,19H,8H2/t11-/m1/s1. The molecule has 0 aliphatic heterocycles. The second-order valence-corrected chi connectivity index (χ2v) is 5.38. The summed E-state index contributed by atoms with van der Waals surface area (Å²) >= 11 is 1.40. The van der Waals surface area contributed by atoms with Gasteiger partial charge in [0.1, 0.15) is 5.82 Å². The van der Waals surface area contributed by atoms with Crippen molar-refractivity contribution in [1.82, 2.24) is 9.55 Å². The number of aromatic nitrogens is 2. The molecule has 20 heavy (non-hydrogen) atoms. The van der Waals surface area contributed by atoms with E-state index in [-0.39, 0.29) is 12.2 Å². The average Bonchev–Trinajstić information content (AvgIpc) is 3.05. The van der Waals surface area contributed by atoms with Crippen molar-refractivity contribution in [1.29, 1.82) is 0 Å². The molecule has 0 aliphatic carbocycles. The summed E-state index contributed by atoms with van der Waals surface area (Å²) in [5.41, 5.74) is 0.900. The Morgan fingerprint density at radius 1 is 1.20 bits per heavy atom. The van der Waals surface area contributed by atoms with Crippen molar-refractivity contribution in [2.45, 2.75) is 19.1 Å². The summed E-state index contributed by atoms with van der Waals surface area (Å²) in [5.74, 6) is 0.196. The number of rotatable bonds is 4. The summed E-state index contributed by atoms with van der Waals surface area (Å²) < 4.78 is 27.3. The first kappa shape index (κ1) is 13.2. The molecule has 2 aromatic heterocycles. The van der Waals surface area contributed by atoms with E-state index in [9.17, 15) is 13.9 Å². The number of benzene rings is 1. The Hall–Kier alpha value is -1.79. The van der Waals surface area contributed by atoms with Crippen molar-refractivity contribution in [3.8, 4) is 0 Å². The van der Waals surface area contributed by atoms with E-state index in [1.807, 2.05) is 11.4 Å². The molecular weight excluding hydrogens is 282 g/mol. The van der Waals surface area contributed by atoms with Gasteiger partial charge in [0.15, 0.2) is 0 Å². The minimum Gasteiger partial charge on any atom is -0.387 e. The van der Waals surface area contributed by atoms with E-state index >= 15 is 0 Å². The van der Waals surface area contributed by atoms with E-state index in [1.165, 1.54) is 11.3 Å². The molecule has 2 heterocycles. The maximum Gasteiger partial charge on any atom is 0.320 e. The normalized spacial score (nSPS) is 13.2. The number of nitrogens with zero attached hydrogens (tertiary/aromatic N) is 2. The smallest absolute Gasteiger partial charge is 0.320 e. The molecule has 0 aliphatic rings. The van der Waals surface area contributed by atoms with Gasteiger partial charge in [-0.1, -0.05) is 18.2 Å². The summed E-state index contributed by atoms with van der Waals surface area (Å²) in [4.78, 5) is 4.96. The fourth-order valence-electron chi connectivity index (χ4n) is 2.21. The van der Waals surface area contributed by atoms with Crippen LogP contribution >= 0.6 is 11.3 Å². The van der Waals surface area contributed by atoms with Gasteiger partial charge in [-0.05, 0) is 23.6 Å². The zero-order valence-electron chi connectivity index (χ0n) is 10.4. The molecule has 3 rings (SSSR count). The lowest BCUT2D eigenvalue weighted by Gasteiger charge is -2.11. The molecule has 0 fully saturated rings. The topological polar surface area (TPSA) is 38.1 Å². The minimum absolute atomic E-state index is 0.0690. The summed E-state index contributed by atoms with van der Waals surface area (Å²) in [6.07, 6.45) is -0.746. The largest absolute Gasteiger partial charge is 0.387 e. The predicted octanol–water partition coefficient (Wildman–Crippen LogP) is 3.77. The van der Waals surface area contributed by atoms with Gasteiger partial charge in [0.25, 0.3) is 0 Å². The van der Waals surface area contributed by atoms with Gasteiger partial charge in [0, 0.05) is 11.3 Å². The van der Waals surface area contributed by atoms with Gasteiger partial charge >= 0.3 is 6.55 Å². The van der Waals surface area contributed by atoms with Gasteiger partial charge in [-0.2, -0.15) is 8.78 Å². The molecule has 0 unspecified atom stereocenters. The maximum absolute atomic E-state index is 13.2. The Kier molecular flexibility index (Phi) is 3.50. The summed E-state index contributed by atoms with van der Waals surface area (Å²) in [6, 6.07) is 10.3. The van der Waals surface area contributed by atoms with Gasteiger partial charge in [-0.3, -0.25) is 4.57 Å². The monoisotopic (exact) mass is 294 g/mol. The van der Waals surface area contributed by atoms with E-state index in [1.54, 1.807) is 30.3 Å². The summed E-state index contributed by atoms with van der Waals surface area (Å²) in [7, 11) is 0. The third-order valence-corrected chi connectivity index (χ3v) is 4.09. The number of para-hydroxylation sites is 2. The second-order valence-electron chi connectivity index (χ2n) is 4.40. The predicted molar refractivity (Wildman–Crippen MR) is 74.0 cm³/mol. The number of aliphatic hydroxyl groups excluding tert-OH is 1. The molecule has 0 spiro atoms. The number of aliphatic hydroxyl groups is 1. The highest BCUT2D eigenvalue weighted by Gasteiger charge is 2.20. The Morgan fingerprint density at radius 3 is 2.70 bits per heavy atom. The van der Waals surface area contributed by atoms with Crippen LogP contribution in [0.1, 0.15) is 23.4 Å². The fourth-order valence-corrected chi connectivity index (χ4v) is 2.92. The zero-order valence-corrected chi connectivity index (χ0v) is 11.2. The molecule has 6 heteroatoms. The van der Waals surface area contributed by atoms with Crippen LogP contribution in [0.25, 0.3) is 11.0 Å². The summed E-state index contributed by atoms with van der Waals surface area (Å²) in [6.45, 7) is -2.67. The van der Waals surface area contributed by atoms with Crippen LogP contribution in [0.4, 0.5) is 8.78 Å². The number of alkyl halides is 2. The van der Waals surface area contributed by atoms with Crippen LogP contribution in [0, 0.1) is 0 Å². The van der Waals surface area contributed by atoms with Crippen LogP contribution in [0.5, 0.6) is 0 Å². The second kappa shape index (κ2) is 5.30. The number of fused-ring (bicyclic) bond motifs is 1. The molecule has 3 nitrogen and oxygen atoms in total. The Labute approximate surface area is 118 Å². The Morgan fingerprint density at radius 2 is 2.00 bits per heavy atom. The van der Waals surface area contributed by atoms with Crippen molar-refractivity contribution in [2.75, 3.05) is 0 Å². The van der Waals surface area contributed by atoms with Crippen molar-refractivity contribution in [3.63, 3.8) is 0 Å². The van der Waals surface area contributed by atoms with Gasteiger partial charge in [-0.15, -0.1) is 11.3 Å². The highest BCUT2D eigenvalue weighted by Crippen LogP contribution is 2.27. The van der Waals surface area contributed by atoms with Crippen molar-refractivity contribution in [2.24, 2.45) is 0 Å². The first-order valence-corrected chi connectivity index (χ1v) is 7.00. The fraction of sp³-hybridized carbons (Fsp3) is 0.214. The van der Waals surface area contributed by atoms with Crippen molar-refractivity contribution < 1.29 is 13.9 Å². The molecule has 0 bridgehead atoms. The Balaban J connectivity index is 2.00. The van der Waals surface area contributed by atoms with Gasteiger partial charge in [-0.25, -0.2) is 4.98 Å². The van der Waals surface area contributed by atoms with Crippen molar-refractivity contribution >= 4 is 22.4 Å². The first-order chi connectivity index (χ1) is 9.66. The minimum atomic E-state index is -2.67. The molecule has 0 saturated heterocycles. The highest BCUT2D eigenvalue weighted by atomic mass is 32.1. The number of hydrogen-bond acceptors (Lipinski definition) is 3.